The molecule has 0 bridgehead atoms. The third kappa shape index (κ3) is 4.39. The number of H-pyrrole nitrogens is 1. The zero-order valence-corrected chi connectivity index (χ0v) is 17.9. The lowest BCUT2D eigenvalue weighted by Gasteiger charge is -2.27. The molecule has 4 heterocycles. The molecule has 0 spiro atoms. The van der Waals surface area contributed by atoms with Crippen molar-refractivity contribution in [3.63, 3.8) is 0 Å². The number of aryl methyl sites for hydroxylation is 1. The second kappa shape index (κ2) is 9.01. The van der Waals surface area contributed by atoms with Gasteiger partial charge in [-0.15, -0.1) is 0 Å². The molecular weight excluding hydrogens is 397 g/mol. The molecule has 31 heavy (non-hydrogen) atoms. The minimum absolute atomic E-state index is 0.0267. The van der Waals surface area contributed by atoms with Crippen molar-refractivity contribution >= 4 is 22.8 Å². The SMILES string of the molecule is CCOC(=O)c1c[nH]c2ccc(N3CCC[C@@H]3c3cc(F)cnc3CC[C@@H](C)N)nc12. The first-order chi connectivity index (χ1) is 15.0. The first-order valence-corrected chi connectivity index (χ1v) is 10.8. The molecule has 3 N–H and O–H groups in total. The summed E-state index contributed by atoms with van der Waals surface area (Å²) in [6.45, 7) is 4.83. The highest BCUT2D eigenvalue weighted by molar-refractivity contribution is 6.02. The highest BCUT2D eigenvalue weighted by Gasteiger charge is 2.30. The standard InChI is InChI=1S/C23H28FN5O2/c1-3-31-23(30)17-13-27-19-8-9-21(28-22(17)19)29-10-4-5-20(29)16-11-15(24)12-26-18(16)7-6-14(2)25/h8-9,11-14,20,27H,3-7,10,25H2,1-2H3/t14-,20-/m1/s1. The molecule has 164 valence electrons. The van der Waals surface area contributed by atoms with E-state index in [0.717, 1.165) is 48.4 Å². The van der Waals surface area contributed by atoms with Gasteiger partial charge in [0.1, 0.15) is 22.7 Å². The van der Waals surface area contributed by atoms with E-state index in [1.54, 1.807) is 19.2 Å². The van der Waals surface area contributed by atoms with E-state index in [1.165, 1.54) is 6.20 Å². The van der Waals surface area contributed by atoms with Gasteiger partial charge in [0.25, 0.3) is 0 Å². The van der Waals surface area contributed by atoms with Gasteiger partial charge in [-0.05, 0) is 63.3 Å². The van der Waals surface area contributed by atoms with Crippen LogP contribution in [-0.2, 0) is 11.2 Å². The van der Waals surface area contributed by atoms with Crippen LogP contribution >= 0.6 is 0 Å². The minimum Gasteiger partial charge on any atom is -0.462 e. The summed E-state index contributed by atoms with van der Waals surface area (Å²) in [4.78, 5) is 26.7. The van der Waals surface area contributed by atoms with Gasteiger partial charge in [-0.3, -0.25) is 4.98 Å². The van der Waals surface area contributed by atoms with Crippen LogP contribution < -0.4 is 10.6 Å². The zero-order chi connectivity index (χ0) is 22.0. The predicted octanol–water partition coefficient (Wildman–Crippen LogP) is 3.90. The van der Waals surface area contributed by atoms with Crippen LogP contribution in [0.1, 0.15) is 60.8 Å². The summed E-state index contributed by atoms with van der Waals surface area (Å²) >= 11 is 0. The number of anilines is 1. The van der Waals surface area contributed by atoms with Crippen LogP contribution in [0.25, 0.3) is 11.0 Å². The molecule has 1 fully saturated rings. The largest absolute Gasteiger partial charge is 0.462 e. The summed E-state index contributed by atoms with van der Waals surface area (Å²) < 4.78 is 19.3. The topological polar surface area (TPSA) is 97.1 Å². The molecule has 0 aliphatic carbocycles. The molecule has 0 unspecified atom stereocenters. The Balaban J connectivity index is 1.69. The van der Waals surface area contributed by atoms with Crippen LogP contribution in [0, 0.1) is 5.82 Å². The molecule has 0 saturated carbocycles. The molecule has 3 aromatic heterocycles. The molecule has 1 aliphatic rings. The van der Waals surface area contributed by atoms with Crippen molar-refractivity contribution in [1.29, 1.82) is 0 Å². The smallest absolute Gasteiger partial charge is 0.341 e. The first-order valence-electron chi connectivity index (χ1n) is 10.8. The molecule has 2 atom stereocenters. The highest BCUT2D eigenvalue weighted by atomic mass is 19.1. The van der Waals surface area contributed by atoms with Gasteiger partial charge in [-0.1, -0.05) is 0 Å². The summed E-state index contributed by atoms with van der Waals surface area (Å²) in [6.07, 6.45) is 6.24. The summed E-state index contributed by atoms with van der Waals surface area (Å²) in [6, 6.07) is 5.46. The summed E-state index contributed by atoms with van der Waals surface area (Å²) in [5, 5.41) is 0. The number of hydrogen-bond acceptors (Lipinski definition) is 6. The van der Waals surface area contributed by atoms with E-state index in [4.69, 9.17) is 15.5 Å². The van der Waals surface area contributed by atoms with E-state index < -0.39 is 5.97 Å². The van der Waals surface area contributed by atoms with Gasteiger partial charge in [0.2, 0.25) is 0 Å². The average molecular weight is 426 g/mol. The Kier molecular flexibility index (Phi) is 6.18. The lowest BCUT2D eigenvalue weighted by molar-refractivity contribution is 0.0528. The van der Waals surface area contributed by atoms with Gasteiger partial charge >= 0.3 is 5.97 Å². The maximum absolute atomic E-state index is 14.1. The number of aromatic nitrogens is 3. The van der Waals surface area contributed by atoms with Gasteiger partial charge in [0.05, 0.1) is 24.4 Å². The summed E-state index contributed by atoms with van der Waals surface area (Å²) in [5.74, 6) is 0.0106. The first kappa shape index (κ1) is 21.2. The van der Waals surface area contributed by atoms with Crippen LogP contribution in [0.4, 0.5) is 10.2 Å². The van der Waals surface area contributed by atoms with E-state index in [0.29, 0.717) is 24.1 Å². The number of carbonyl (C=O) groups excluding carboxylic acids is 1. The number of ether oxygens (including phenoxy) is 1. The van der Waals surface area contributed by atoms with Crippen molar-refractivity contribution < 1.29 is 13.9 Å². The Bertz CT molecular complexity index is 1080. The van der Waals surface area contributed by atoms with Crippen LogP contribution in [0.2, 0.25) is 0 Å². The lowest BCUT2D eigenvalue weighted by atomic mass is 9.98. The number of nitrogens with zero attached hydrogens (tertiary/aromatic N) is 3. The molecule has 1 saturated heterocycles. The molecule has 4 rings (SSSR count). The van der Waals surface area contributed by atoms with E-state index in [1.807, 2.05) is 19.1 Å². The number of pyridine rings is 2. The third-order valence-electron chi connectivity index (χ3n) is 5.72. The second-order valence-electron chi connectivity index (χ2n) is 8.05. The molecule has 3 aromatic rings. The Labute approximate surface area is 180 Å². The summed E-state index contributed by atoms with van der Waals surface area (Å²) in [7, 11) is 0. The van der Waals surface area contributed by atoms with Crippen LogP contribution in [-0.4, -0.2) is 40.1 Å². The van der Waals surface area contributed by atoms with Crippen molar-refractivity contribution in [2.75, 3.05) is 18.1 Å². The Morgan fingerprint density at radius 2 is 2.29 bits per heavy atom. The Hall–Kier alpha value is -3.00. The van der Waals surface area contributed by atoms with Crippen molar-refractivity contribution in [3.05, 3.63) is 53.2 Å². The zero-order valence-electron chi connectivity index (χ0n) is 17.9. The minimum atomic E-state index is -0.399. The van der Waals surface area contributed by atoms with E-state index >= 15 is 0 Å². The molecular formula is C23H28FN5O2. The van der Waals surface area contributed by atoms with Gasteiger partial charge in [-0.25, -0.2) is 14.2 Å². The fourth-order valence-electron chi connectivity index (χ4n) is 4.22. The molecule has 7 nitrogen and oxygen atoms in total. The number of fused-ring (bicyclic) bond motifs is 1. The van der Waals surface area contributed by atoms with Crippen molar-refractivity contribution in [1.82, 2.24) is 15.0 Å². The molecule has 0 aromatic carbocycles. The quantitative estimate of drug-likeness (QED) is 0.558. The predicted molar refractivity (Wildman–Crippen MR) is 118 cm³/mol. The van der Waals surface area contributed by atoms with Gasteiger partial charge < -0.3 is 20.4 Å². The van der Waals surface area contributed by atoms with Crippen molar-refractivity contribution in [2.45, 2.75) is 51.6 Å². The number of halogens is 1. The number of rotatable bonds is 7. The highest BCUT2D eigenvalue weighted by Crippen LogP contribution is 2.37. The number of nitrogens with one attached hydrogen (secondary N) is 1. The van der Waals surface area contributed by atoms with Crippen molar-refractivity contribution in [2.24, 2.45) is 5.73 Å². The number of carbonyl (C=O) groups is 1. The number of aromatic amines is 1. The van der Waals surface area contributed by atoms with Gasteiger partial charge in [-0.2, -0.15) is 0 Å². The Morgan fingerprint density at radius 3 is 3.06 bits per heavy atom. The van der Waals surface area contributed by atoms with E-state index in [-0.39, 0.29) is 17.9 Å². The van der Waals surface area contributed by atoms with Gasteiger partial charge in [0.15, 0.2) is 0 Å². The molecule has 0 amide bonds. The summed E-state index contributed by atoms with van der Waals surface area (Å²) in [5.41, 5.74) is 9.47. The molecule has 0 radical (unpaired) electrons. The number of hydrogen-bond donors (Lipinski definition) is 2. The van der Waals surface area contributed by atoms with Crippen LogP contribution in [0.3, 0.4) is 0 Å². The molecule has 8 heteroatoms. The van der Waals surface area contributed by atoms with E-state index in [2.05, 4.69) is 14.9 Å². The average Bonchev–Trinajstić information content (AvgIpc) is 3.39. The number of esters is 1. The van der Waals surface area contributed by atoms with E-state index in [9.17, 15) is 9.18 Å². The van der Waals surface area contributed by atoms with Gasteiger partial charge in [0, 0.05) is 24.5 Å². The third-order valence-corrected chi connectivity index (χ3v) is 5.72. The van der Waals surface area contributed by atoms with Crippen LogP contribution in [0.5, 0.6) is 0 Å². The maximum Gasteiger partial charge on any atom is 0.341 e. The second-order valence-corrected chi connectivity index (χ2v) is 8.05. The monoisotopic (exact) mass is 425 g/mol. The fraction of sp³-hybridized carbons (Fsp3) is 0.435. The van der Waals surface area contributed by atoms with Crippen molar-refractivity contribution in [3.8, 4) is 0 Å². The normalized spacial score (nSPS) is 17.3. The Morgan fingerprint density at radius 1 is 1.45 bits per heavy atom. The maximum atomic E-state index is 14.1. The molecule has 1 aliphatic heterocycles. The number of nitrogens with two attached hydrogens (primary N) is 1. The van der Waals surface area contributed by atoms with Crippen LogP contribution in [0.15, 0.2) is 30.6 Å². The fourth-order valence-corrected chi connectivity index (χ4v) is 4.22. The lowest BCUT2D eigenvalue weighted by Crippen LogP contribution is -2.25.